The summed E-state index contributed by atoms with van der Waals surface area (Å²) in [6.07, 6.45) is 0. The Balaban J connectivity index is 2.07. The van der Waals surface area contributed by atoms with Gasteiger partial charge in [0.05, 0.1) is 5.01 Å². The number of rotatable bonds is 3. The van der Waals surface area contributed by atoms with Crippen molar-refractivity contribution in [2.24, 2.45) is 0 Å². The summed E-state index contributed by atoms with van der Waals surface area (Å²) in [4.78, 5) is 4.95. The number of aryl methyl sites for hydroxylation is 2. The highest BCUT2D eigenvalue weighted by molar-refractivity contribution is 7.12. The van der Waals surface area contributed by atoms with E-state index in [-0.39, 0.29) is 0 Å². The van der Waals surface area contributed by atoms with Gasteiger partial charge in [0.2, 0.25) is 0 Å². The fourth-order valence-electron chi connectivity index (χ4n) is 1.51. The minimum atomic E-state index is 0.648. The average molecular weight is 243 g/mol. The molecule has 0 fully saturated rings. The molecule has 3 nitrogen and oxygen atoms in total. The molecule has 0 spiro atoms. The number of aromatic nitrogens is 1. The third-order valence-electron chi connectivity index (χ3n) is 2.42. The molecule has 0 aliphatic rings. The van der Waals surface area contributed by atoms with Crippen LogP contribution in [0.25, 0.3) is 0 Å². The first kappa shape index (κ1) is 11.6. The molecule has 1 N–H and O–H groups in total. The summed E-state index contributed by atoms with van der Waals surface area (Å²) in [7, 11) is 0. The lowest BCUT2D eigenvalue weighted by Crippen LogP contribution is -2.00. The standard InChI is InChI=1S/C13H13N3S/c1-9-3-5-11(6-4-9)8-15-13-12(7-14)17-10(2)16-13/h3-6,15H,8H2,1-2H3. The smallest absolute Gasteiger partial charge is 0.155 e. The van der Waals surface area contributed by atoms with Crippen molar-refractivity contribution in [2.45, 2.75) is 20.4 Å². The highest BCUT2D eigenvalue weighted by atomic mass is 32.1. The van der Waals surface area contributed by atoms with Crippen molar-refractivity contribution in [3.63, 3.8) is 0 Å². The summed E-state index contributed by atoms with van der Waals surface area (Å²) >= 11 is 1.42. The Morgan fingerprint density at radius 3 is 2.65 bits per heavy atom. The maximum absolute atomic E-state index is 8.95. The van der Waals surface area contributed by atoms with Gasteiger partial charge in [0.25, 0.3) is 0 Å². The molecule has 0 saturated carbocycles. The van der Waals surface area contributed by atoms with Gasteiger partial charge in [-0.05, 0) is 19.4 Å². The Hall–Kier alpha value is -1.86. The molecule has 2 rings (SSSR count). The second kappa shape index (κ2) is 4.98. The molecule has 1 aromatic heterocycles. The first-order chi connectivity index (χ1) is 8.19. The molecule has 4 heteroatoms. The van der Waals surface area contributed by atoms with Crippen molar-refractivity contribution >= 4 is 17.2 Å². The number of nitrogens with one attached hydrogen (secondary N) is 1. The van der Waals surface area contributed by atoms with Crippen molar-refractivity contribution in [1.29, 1.82) is 5.26 Å². The van der Waals surface area contributed by atoms with Crippen molar-refractivity contribution in [3.05, 3.63) is 45.3 Å². The third kappa shape index (κ3) is 2.83. The molecule has 86 valence electrons. The topological polar surface area (TPSA) is 48.7 Å². The molecular weight excluding hydrogens is 230 g/mol. The Bertz CT molecular complexity index is 549. The lowest BCUT2D eigenvalue weighted by atomic mass is 10.1. The molecule has 17 heavy (non-hydrogen) atoms. The monoisotopic (exact) mass is 243 g/mol. The van der Waals surface area contributed by atoms with Crippen LogP contribution in [0, 0.1) is 25.2 Å². The molecule has 0 saturated heterocycles. The maximum atomic E-state index is 8.95. The zero-order chi connectivity index (χ0) is 12.3. The largest absolute Gasteiger partial charge is 0.364 e. The van der Waals surface area contributed by atoms with E-state index in [1.807, 2.05) is 6.92 Å². The fraction of sp³-hybridized carbons (Fsp3) is 0.231. The highest BCUT2D eigenvalue weighted by Gasteiger charge is 2.07. The molecule has 0 atom stereocenters. The minimum absolute atomic E-state index is 0.648. The highest BCUT2D eigenvalue weighted by Crippen LogP contribution is 2.21. The lowest BCUT2D eigenvalue weighted by molar-refractivity contribution is 1.11. The Morgan fingerprint density at radius 2 is 2.00 bits per heavy atom. The van der Waals surface area contributed by atoms with Gasteiger partial charge in [0.1, 0.15) is 10.9 Å². The van der Waals surface area contributed by atoms with Crippen LogP contribution in [0.3, 0.4) is 0 Å². The van der Waals surface area contributed by atoms with Gasteiger partial charge in [-0.3, -0.25) is 0 Å². The third-order valence-corrected chi connectivity index (χ3v) is 3.29. The fourth-order valence-corrected chi connectivity index (χ4v) is 2.21. The van der Waals surface area contributed by atoms with E-state index in [4.69, 9.17) is 5.26 Å². The van der Waals surface area contributed by atoms with Crippen molar-refractivity contribution < 1.29 is 0 Å². The number of thiazole rings is 1. The Morgan fingerprint density at radius 1 is 1.29 bits per heavy atom. The quantitative estimate of drug-likeness (QED) is 0.900. The summed E-state index contributed by atoms with van der Waals surface area (Å²) in [5.41, 5.74) is 2.43. The van der Waals surface area contributed by atoms with Gasteiger partial charge in [-0.2, -0.15) is 5.26 Å². The van der Waals surface area contributed by atoms with E-state index in [9.17, 15) is 0 Å². The summed E-state index contributed by atoms with van der Waals surface area (Å²) in [5.74, 6) is 0.690. The van der Waals surface area contributed by atoms with Gasteiger partial charge in [-0.15, -0.1) is 11.3 Å². The van der Waals surface area contributed by atoms with E-state index in [0.717, 1.165) is 5.01 Å². The molecule has 0 bridgehead atoms. The SMILES string of the molecule is Cc1ccc(CNc2nc(C)sc2C#N)cc1. The first-order valence-corrected chi connectivity index (χ1v) is 6.17. The van der Waals surface area contributed by atoms with E-state index < -0.39 is 0 Å². The van der Waals surface area contributed by atoms with E-state index in [0.29, 0.717) is 17.2 Å². The molecule has 0 aliphatic heterocycles. The number of hydrogen-bond acceptors (Lipinski definition) is 4. The van der Waals surface area contributed by atoms with E-state index in [1.54, 1.807) is 0 Å². The van der Waals surface area contributed by atoms with Gasteiger partial charge in [-0.25, -0.2) is 4.98 Å². The molecular formula is C13H13N3S. The van der Waals surface area contributed by atoms with Gasteiger partial charge >= 0.3 is 0 Å². The summed E-state index contributed by atoms with van der Waals surface area (Å²) in [5, 5.41) is 13.1. The molecule has 0 unspecified atom stereocenters. The van der Waals surface area contributed by atoms with Crippen LogP contribution in [0.1, 0.15) is 21.0 Å². The van der Waals surface area contributed by atoms with Gasteiger partial charge in [0, 0.05) is 6.54 Å². The van der Waals surface area contributed by atoms with Crippen LogP contribution in [0.5, 0.6) is 0 Å². The summed E-state index contributed by atoms with van der Waals surface area (Å²) < 4.78 is 0. The first-order valence-electron chi connectivity index (χ1n) is 5.36. The van der Waals surface area contributed by atoms with Gasteiger partial charge < -0.3 is 5.32 Å². The van der Waals surface area contributed by atoms with E-state index >= 15 is 0 Å². The van der Waals surface area contributed by atoms with Crippen LogP contribution in [0.15, 0.2) is 24.3 Å². The Labute approximate surface area is 105 Å². The number of nitrogens with zero attached hydrogens (tertiary/aromatic N) is 2. The summed E-state index contributed by atoms with van der Waals surface area (Å²) in [6, 6.07) is 10.5. The second-order valence-electron chi connectivity index (χ2n) is 3.86. The van der Waals surface area contributed by atoms with Crippen molar-refractivity contribution in [1.82, 2.24) is 4.98 Å². The van der Waals surface area contributed by atoms with Gasteiger partial charge in [-0.1, -0.05) is 29.8 Å². The maximum Gasteiger partial charge on any atom is 0.155 e. The van der Waals surface area contributed by atoms with Crippen molar-refractivity contribution in [2.75, 3.05) is 5.32 Å². The minimum Gasteiger partial charge on any atom is -0.364 e. The molecule has 2 aromatic rings. The number of anilines is 1. The predicted molar refractivity (Wildman–Crippen MR) is 70.1 cm³/mol. The average Bonchev–Trinajstić information content (AvgIpc) is 2.69. The van der Waals surface area contributed by atoms with Crippen molar-refractivity contribution in [3.8, 4) is 6.07 Å². The zero-order valence-corrected chi connectivity index (χ0v) is 10.6. The van der Waals surface area contributed by atoms with Crippen LogP contribution < -0.4 is 5.32 Å². The van der Waals surface area contributed by atoms with E-state index in [1.165, 1.54) is 22.5 Å². The zero-order valence-electron chi connectivity index (χ0n) is 9.82. The second-order valence-corrected chi connectivity index (χ2v) is 5.06. The molecule has 1 aromatic carbocycles. The number of hydrogen-bond donors (Lipinski definition) is 1. The Kier molecular flexibility index (Phi) is 3.40. The lowest BCUT2D eigenvalue weighted by Gasteiger charge is -2.04. The summed E-state index contributed by atoms with van der Waals surface area (Å²) in [6.45, 7) is 4.66. The van der Waals surface area contributed by atoms with E-state index in [2.05, 4.69) is 47.6 Å². The van der Waals surface area contributed by atoms with Crippen LogP contribution in [-0.4, -0.2) is 4.98 Å². The molecule has 0 radical (unpaired) electrons. The van der Waals surface area contributed by atoms with Crippen LogP contribution in [-0.2, 0) is 6.54 Å². The predicted octanol–water partition coefficient (Wildman–Crippen LogP) is 3.24. The normalized spacial score (nSPS) is 9.94. The van der Waals surface area contributed by atoms with Gasteiger partial charge in [0.15, 0.2) is 5.82 Å². The van der Waals surface area contributed by atoms with Crippen LogP contribution >= 0.6 is 11.3 Å². The molecule has 0 amide bonds. The van der Waals surface area contributed by atoms with Crippen LogP contribution in [0.4, 0.5) is 5.82 Å². The number of nitriles is 1. The molecule has 0 aliphatic carbocycles. The number of benzene rings is 1. The van der Waals surface area contributed by atoms with Crippen LogP contribution in [0.2, 0.25) is 0 Å². The molecule has 1 heterocycles.